The number of piperidine rings is 1. The van der Waals surface area contributed by atoms with E-state index < -0.39 is 15.9 Å². The molecular formula is C21H24N4O4S2. The quantitative estimate of drug-likeness (QED) is 0.601. The standard InChI is InChI=1S/C21H24N4O4S2/c1-3-18-23-20(24-29-18)16-11-19(30-13-16)31(27,28)25-10-4-5-15(12-25)21(26)22-17-8-6-14(2)7-9-17/h6-9,11,13,15H,3-5,10,12H2,1-2H3,(H,22,26)/t15-/m1/s1. The third-order valence-corrected chi connectivity index (χ3v) is 8.55. The van der Waals surface area contributed by atoms with E-state index in [4.69, 9.17) is 4.52 Å². The Morgan fingerprint density at radius 1 is 1.32 bits per heavy atom. The van der Waals surface area contributed by atoms with Gasteiger partial charge in [0.2, 0.25) is 17.6 Å². The highest BCUT2D eigenvalue weighted by atomic mass is 32.2. The summed E-state index contributed by atoms with van der Waals surface area (Å²) in [5.74, 6) is 0.329. The molecule has 0 bridgehead atoms. The Morgan fingerprint density at radius 3 is 2.81 bits per heavy atom. The summed E-state index contributed by atoms with van der Waals surface area (Å²) in [6.45, 7) is 4.44. The third-order valence-electron chi connectivity index (χ3n) is 5.27. The smallest absolute Gasteiger partial charge is 0.252 e. The largest absolute Gasteiger partial charge is 0.339 e. The molecule has 0 unspecified atom stereocenters. The Kier molecular flexibility index (Phi) is 6.22. The number of carbonyl (C=O) groups is 1. The first-order chi connectivity index (χ1) is 14.9. The number of aromatic nitrogens is 2. The summed E-state index contributed by atoms with van der Waals surface area (Å²) in [6.07, 6.45) is 1.90. The lowest BCUT2D eigenvalue weighted by molar-refractivity contribution is -0.120. The van der Waals surface area contributed by atoms with Gasteiger partial charge in [0, 0.05) is 36.1 Å². The normalized spacial score (nSPS) is 17.5. The Balaban J connectivity index is 1.47. The first-order valence-corrected chi connectivity index (χ1v) is 12.5. The van der Waals surface area contributed by atoms with Crippen LogP contribution in [0.4, 0.5) is 5.69 Å². The minimum absolute atomic E-state index is 0.158. The maximum Gasteiger partial charge on any atom is 0.252 e. The Labute approximate surface area is 185 Å². The van der Waals surface area contributed by atoms with Crippen molar-refractivity contribution in [2.75, 3.05) is 18.4 Å². The number of nitrogens with one attached hydrogen (secondary N) is 1. The molecule has 4 rings (SSSR count). The number of amides is 1. The zero-order valence-electron chi connectivity index (χ0n) is 17.4. The fourth-order valence-electron chi connectivity index (χ4n) is 3.47. The summed E-state index contributed by atoms with van der Waals surface area (Å²) in [7, 11) is -3.71. The fraction of sp³-hybridized carbons (Fsp3) is 0.381. The van der Waals surface area contributed by atoms with E-state index in [1.165, 1.54) is 4.31 Å². The molecule has 1 saturated heterocycles. The highest BCUT2D eigenvalue weighted by molar-refractivity contribution is 7.91. The van der Waals surface area contributed by atoms with Crippen molar-refractivity contribution in [2.24, 2.45) is 5.92 Å². The van der Waals surface area contributed by atoms with E-state index in [0.717, 1.165) is 16.9 Å². The molecule has 31 heavy (non-hydrogen) atoms. The number of rotatable bonds is 6. The molecule has 8 nitrogen and oxygen atoms in total. The van der Waals surface area contributed by atoms with E-state index in [1.807, 2.05) is 38.1 Å². The minimum atomic E-state index is -3.71. The van der Waals surface area contributed by atoms with Gasteiger partial charge >= 0.3 is 0 Å². The van der Waals surface area contributed by atoms with Crippen molar-refractivity contribution in [1.29, 1.82) is 0 Å². The lowest BCUT2D eigenvalue weighted by Gasteiger charge is -2.30. The lowest BCUT2D eigenvalue weighted by atomic mass is 9.98. The monoisotopic (exact) mass is 460 g/mol. The van der Waals surface area contributed by atoms with Crippen molar-refractivity contribution >= 4 is 33.0 Å². The van der Waals surface area contributed by atoms with Gasteiger partial charge < -0.3 is 9.84 Å². The molecule has 1 aliphatic rings. The highest BCUT2D eigenvalue weighted by Gasteiger charge is 2.34. The number of benzene rings is 1. The van der Waals surface area contributed by atoms with Crippen LogP contribution in [-0.4, -0.2) is 41.9 Å². The predicted octanol–water partition coefficient (Wildman–Crippen LogP) is 3.71. The summed E-state index contributed by atoms with van der Waals surface area (Å²) in [6, 6.07) is 9.11. The van der Waals surface area contributed by atoms with E-state index in [9.17, 15) is 13.2 Å². The fourth-order valence-corrected chi connectivity index (χ4v) is 6.30. The molecule has 0 radical (unpaired) electrons. The topological polar surface area (TPSA) is 105 Å². The number of anilines is 1. The van der Waals surface area contributed by atoms with Crippen molar-refractivity contribution in [2.45, 2.75) is 37.3 Å². The number of hydrogen-bond acceptors (Lipinski definition) is 7. The van der Waals surface area contributed by atoms with Gasteiger partial charge in [0.25, 0.3) is 10.0 Å². The SMILES string of the molecule is CCc1nc(-c2csc(S(=O)(=O)N3CCC[C@@H](C(=O)Nc4ccc(C)cc4)C3)c2)no1. The molecular weight excluding hydrogens is 436 g/mol. The van der Waals surface area contributed by atoms with Crippen molar-refractivity contribution in [3.8, 4) is 11.4 Å². The van der Waals surface area contributed by atoms with Crippen LogP contribution in [-0.2, 0) is 21.2 Å². The van der Waals surface area contributed by atoms with Crippen LogP contribution in [0, 0.1) is 12.8 Å². The van der Waals surface area contributed by atoms with Gasteiger partial charge in [-0.2, -0.15) is 9.29 Å². The van der Waals surface area contributed by atoms with Gasteiger partial charge in [-0.25, -0.2) is 8.42 Å². The molecule has 1 amide bonds. The zero-order valence-corrected chi connectivity index (χ0v) is 19.0. The van der Waals surface area contributed by atoms with Crippen LogP contribution >= 0.6 is 11.3 Å². The minimum Gasteiger partial charge on any atom is -0.339 e. The van der Waals surface area contributed by atoms with E-state index >= 15 is 0 Å². The Hall–Kier alpha value is -2.56. The second-order valence-corrected chi connectivity index (χ2v) is 10.7. The van der Waals surface area contributed by atoms with Gasteiger partial charge in [-0.1, -0.05) is 29.8 Å². The molecule has 2 aromatic heterocycles. The number of sulfonamides is 1. The molecule has 164 valence electrons. The van der Waals surface area contributed by atoms with Crippen LogP contribution in [0.3, 0.4) is 0 Å². The predicted molar refractivity (Wildman–Crippen MR) is 118 cm³/mol. The maximum atomic E-state index is 13.2. The van der Waals surface area contributed by atoms with E-state index in [2.05, 4.69) is 15.5 Å². The van der Waals surface area contributed by atoms with Gasteiger partial charge in [0.1, 0.15) is 4.21 Å². The Bertz CT molecular complexity index is 1170. The molecule has 1 fully saturated rings. The number of thiophene rings is 1. The van der Waals surface area contributed by atoms with Gasteiger partial charge in [-0.3, -0.25) is 4.79 Å². The van der Waals surface area contributed by atoms with Crippen LogP contribution in [0.15, 0.2) is 44.4 Å². The zero-order chi connectivity index (χ0) is 22.0. The molecule has 3 aromatic rings. The molecule has 0 aliphatic carbocycles. The summed E-state index contributed by atoms with van der Waals surface area (Å²) < 4.78 is 33.1. The van der Waals surface area contributed by atoms with Crippen molar-refractivity contribution < 1.29 is 17.7 Å². The first kappa shape index (κ1) is 21.7. The number of hydrogen-bond donors (Lipinski definition) is 1. The number of carbonyl (C=O) groups excluding carboxylic acids is 1. The summed E-state index contributed by atoms with van der Waals surface area (Å²) in [5, 5.41) is 8.52. The number of aryl methyl sites for hydroxylation is 2. The average Bonchev–Trinajstić information content (AvgIpc) is 3.45. The Morgan fingerprint density at radius 2 is 2.10 bits per heavy atom. The molecule has 0 saturated carbocycles. The van der Waals surface area contributed by atoms with Gasteiger partial charge in [-0.05, 0) is 38.0 Å². The van der Waals surface area contributed by atoms with Crippen molar-refractivity contribution in [3.63, 3.8) is 0 Å². The molecule has 0 spiro atoms. The van der Waals surface area contributed by atoms with Crippen molar-refractivity contribution in [3.05, 3.63) is 47.2 Å². The van der Waals surface area contributed by atoms with Crippen molar-refractivity contribution in [1.82, 2.24) is 14.4 Å². The van der Waals surface area contributed by atoms with Gasteiger partial charge in [-0.15, -0.1) is 11.3 Å². The molecule has 1 aliphatic heterocycles. The average molecular weight is 461 g/mol. The summed E-state index contributed by atoms with van der Waals surface area (Å²) in [5.41, 5.74) is 2.43. The van der Waals surface area contributed by atoms with Crippen LogP contribution in [0.25, 0.3) is 11.4 Å². The number of nitrogens with zero attached hydrogens (tertiary/aromatic N) is 3. The molecule has 3 heterocycles. The van der Waals surface area contributed by atoms with E-state index in [1.54, 1.807) is 11.4 Å². The first-order valence-electron chi connectivity index (χ1n) is 10.2. The van der Waals surface area contributed by atoms with E-state index in [-0.39, 0.29) is 16.7 Å². The molecule has 1 N–H and O–H groups in total. The molecule has 10 heteroatoms. The van der Waals surface area contributed by atoms with E-state index in [0.29, 0.717) is 48.8 Å². The second kappa shape index (κ2) is 8.89. The lowest BCUT2D eigenvalue weighted by Crippen LogP contribution is -2.43. The highest BCUT2D eigenvalue weighted by Crippen LogP contribution is 2.31. The van der Waals surface area contributed by atoms with Crippen LogP contribution < -0.4 is 5.32 Å². The molecule has 1 atom stereocenters. The molecule has 1 aromatic carbocycles. The summed E-state index contributed by atoms with van der Waals surface area (Å²) in [4.78, 5) is 17.0. The second-order valence-electron chi connectivity index (χ2n) is 7.58. The summed E-state index contributed by atoms with van der Waals surface area (Å²) >= 11 is 1.12. The van der Waals surface area contributed by atoms with Gasteiger partial charge in [0.05, 0.1) is 5.92 Å². The van der Waals surface area contributed by atoms with Gasteiger partial charge in [0.15, 0.2) is 0 Å². The van der Waals surface area contributed by atoms with Crippen LogP contribution in [0.1, 0.15) is 31.2 Å². The third kappa shape index (κ3) is 4.70. The van der Waals surface area contributed by atoms with Crippen LogP contribution in [0.5, 0.6) is 0 Å². The maximum absolute atomic E-state index is 13.2. The van der Waals surface area contributed by atoms with Crippen LogP contribution in [0.2, 0.25) is 0 Å².